The number of piperazine rings is 1. The van der Waals surface area contributed by atoms with Crippen LogP contribution >= 0.6 is 24.0 Å². The minimum Gasteiger partial charge on any atom is -0.357 e. The van der Waals surface area contributed by atoms with E-state index in [1.165, 1.54) is 11.8 Å². The van der Waals surface area contributed by atoms with Gasteiger partial charge in [-0.15, -0.1) is 24.0 Å². The summed E-state index contributed by atoms with van der Waals surface area (Å²) in [5.74, 6) is 0.780. The van der Waals surface area contributed by atoms with Gasteiger partial charge in [0.15, 0.2) is 5.96 Å². The first kappa shape index (κ1) is 24.7. The number of halogens is 4. The van der Waals surface area contributed by atoms with Crippen molar-refractivity contribution in [3.63, 3.8) is 0 Å². The normalized spacial score (nSPS) is 17.1. The molecule has 0 bridgehead atoms. The van der Waals surface area contributed by atoms with Crippen LogP contribution in [0.3, 0.4) is 0 Å². The average molecular weight is 538 g/mol. The van der Waals surface area contributed by atoms with Crippen molar-refractivity contribution in [3.05, 3.63) is 30.6 Å². The SMILES string of the molecule is CCNC(=NCCCn1cnc2ccccc21)N1CCN(C(C)C(F)(F)F)CC1.I. The predicted molar refractivity (Wildman–Crippen MR) is 124 cm³/mol. The molecule has 1 atom stereocenters. The molecule has 30 heavy (non-hydrogen) atoms. The Morgan fingerprint density at radius 2 is 1.90 bits per heavy atom. The molecule has 1 fully saturated rings. The van der Waals surface area contributed by atoms with Gasteiger partial charge < -0.3 is 14.8 Å². The lowest BCUT2D eigenvalue weighted by Gasteiger charge is -2.39. The molecule has 168 valence electrons. The van der Waals surface area contributed by atoms with Gasteiger partial charge in [0.1, 0.15) is 6.04 Å². The van der Waals surface area contributed by atoms with Gasteiger partial charge in [0.2, 0.25) is 0 Å². The lowest BCUT2D eigenvalue weighted by molar-refractivity contribution is -0.181. The van der Waals surface area contributed by atoms with Crippen LogP contribution in [0, 0.1) is 0 Å². The largest absolute Gasteiger partial charge is 0.403 e. The van der Waals surface area contributed by atoms with Crippen LogP contribution in [0.15, 0.2) is 35.6 Å². The fraction of sp³-hybridized carbons (Fsp3) is 0.600. The number of hydrogen-bond donors (Lipinski definition) is 1. The molecule has 2 heterocycles. The summed E-state index contributed by atoms with van der Waals surface area (Å²) in [5, 5.41) is 3.27. The Morgan fingerprint density at radius 1 is 1.20 bits per heavy atom. The molecule has 0 amide bonds. The van der Waals surface area contributed by atoms with Crippen molar-refractivity contribution in [2.45, 2.75) is 39.0 Å². The minimum absolute atomic E-state index is 0. The van der Waals surface area contributed by atoms with Gasteiger partial charge in [0, 0.05) is 45.8 Å². The van der Waals surface area contributed by atoms with E-state index in [1.54, 1.807) is 0 Å². The molecule has 6 nitrogen and oxygen atoms in total. The Bertz CT molecular complexity index is 814. The fourth-order valence-corrected chi connectivity index (χ4v) is 3.57. The standard InChI is InChI=1S/C20H29F3N6.HI/c1-3-24-19(28-13-11-27(12-14-28)16(2)20(21,22)23)25-9-6-10-29-15-26-17-7-4-5-8-18(17)29;/h4-5,7-8,15-16H,3,6,9-14H2,1-2H3,(H,24,25);1H. The third-order valence-corrected chi connectivity index (χ3v) is 5.32. The van der Waals surface area contributed by atoms with Gasteiger partial charge in [-0.25, -0.2) is 4.98 Å². The number of benzene rings is 1. The van der Waals surface area contributed by atoms with Crippen LogP contribution in [-0.2, 0) is 6.54 Å². The number of aromatic nitrogens is 2. The average Bonchev–Trinajstić information content (AvgIpc) is 3.12. The molecular weight excluding hydrogens is 508 g/mol. The fourth-order valence-electron chi connectivity index (χ4n) is 3.57. The highest BCUT2D eigenvalue weighted by atomic mass is 127. The first-order valence-electron chi connectivity index (χ1n) is 10.1. The van der Waals surface area contributed by atoms with E-state index < -0.39 is 12.2 Å². The maximum absolute atomic E-state index is 12.9. The van der Waals surface area contributed by atoms with Crippen LogP contribution < -0.4 is 5.32 Å². The molecule has 1 aliphatic rings. The zero-order chi connectivity index (χ0) is 20.9. The van der Waals surface area contributed by atoms with Gasteiger partial charge in [-0.1, -0.05) is 12.1 Å². The number of rotatable bonds is 6. The highest BCUT2D eigenvalue weighted by molar-refractivity contribution is 14.0. The van der Waals surface area contributed by atoms with E-state index in [0.29, 0.717) is 32.7 Å². The molecule has 1 aliphatic heterocycles. The Kier molecular flexibility index (Phi) is 9.20. The molecule has 10 heteroatoms. The molecule has 2 aromatic rings. The number of para-hydroxylation sites is 2. The van der Waals surface area contributed by atoms with Gasteiger partial charge in [-0.05, 0) is 32.4 Å². The van der Waals surface area contributed by atoms with Crippen molar-refractivity contribution in [2.24, 2.45) is 4.99 Å². The van der Waals surface area contributed by atoms with Gasteiger partial charge in [-0.3, -0.25) is 9.89 Å². The van der Waals surface area contributed by atoms with Crippen molar-refractivity contribution in [3.8, 4) is 0 Å². The van der Waals surface area contributed by atoms with Gasteiger partial charge in [0.25, 0.3) is 0 Å². The predicted octanol–water partition coefficient (Wildman–Crippen LogP) is 3.58. The topological polar surface area (TPSA) is 48.7 Å². The van der Waals surface area contributed by atoms with E-state index in [-0.39, 0.29) is 24.0 Å². The van der Waals surface area contributed by atoms with E-state index in [0.717, 1.165) is 36.5 Å². The number of hydrogen-bond acceptors (Lipinski definition) is 3. The van der Waals surface area contributed by atoms with E-state index in [2.05, 4.69) is 25.8 Å². The summed E-state index contributed by atoms with van der Waals surface area (Å²) < 4.78 is 40.9. The van der Waals surface area contributed by atoms with E-state index in [4.69, 9.17) is 4.99 Å². The Balaban J connectivity index is 0.00000320. The number of nitrogens with one attached hydrogen (secondary N) is 1. The Hall–Kier alpha value is -1.56. The summed E-state index contributed by atoms with van der Waals surface area (Å²) in [6.45, 7) is 7.26. The molecule has 1 saturated heterocycles. The minimum atomic E-state index is -4.18. The van der Waals surface area contributed by atoms with Gasteiger partial charge >= 0.3 is 6.18 Å². The number of aryl methyl sites for hydroxylation is 1. The zero-order valence-electron chi connectivity index (χ0n) is 17.4. The van der Waals surface area contributed by atoms with Crippen molar-refractivity contribution in [2.75, 3.05) is 39.3 Å². The molecule has 1 aromatic carbocycles. The molecule has 0 spiro atoms. The zero-order valence-corrected chi connectivity index (χ0v) is 19.7. The van der Waals surface area contributed by atoms with Crippen LogP contribution in [0.5, 0.6) is 0 Å². The van der Waals surface area contributed by atoms with Crippen molar-refractivity contribution in [1.82, 2.24) is 24.7 Å². The summed E-state index contributed by atoms with van der Waals surface area (Å²) in [6, 6.07) is 6.61. The quantitative estimate of drug-likeness (QED) is 0.265. The van der Waals surface area contributed by atoms with E-state index >= 15 is 0 Å². The van der Waals surface area contributed by atoms with Crippen LogP contribution in [0.1, 0.15) is 20.3 Å². The van der Waals surface area contributed by atoms with Crippen LogP contribution in [0.2, 0.25) is 0 Å². The molecule has 3 rings (SSSR count). The smallest absolute Gasteiger partial charge is 0.357 e. The summed E-state index contributed by atoms with van der Waals surface area (Å²) in [7, 11) is 0. The second kappa shape index (κ2) is 11.2. The highest BCUT2D eigenvalue weighted by Crippen LogP contribution is 2.25. The van der Waals surface area contributed by atoms with E-state index in [9.17, 15) is 13.2 Å². The number of fused-ring (bicyclic) bond motifs is 1. The highest BCUT2D eigenvalue weighted by Gasteiger charge is 2.41. The molecular formula is C20H30F3IN6. The number of aliphatic imine (C=N–C) groups is 1. The summed E-state index contributed by atoms with van der Waals surface area (Å²) >= 11 is 0. The number of guanidine groups is 1. The first-order valence-corrected chi connectivity index (χ1v) is 10.1. The Labute approximate surface area is 192 Å². The third-order valence-electron chi connectivity index (χ3n) is 5.32. The van der Waals surface area contributed by atoms with Crippen LogP contribution in [-0.4, -0.2) is 76.8 Å². The monoisotopic (exact) mass is 538 g/mol. The Morgan fingerprint density at radius 3 is 2.57 bits per heavy atom. The summed E-state index contributed by atoms with van der Waals surface area (Å²) in [6.07, 6.45) is -1.47. The van der Waals surface area contributed by atoms with Crippen molar-refractivity contribution < 1.29 is 13.2 Å². The molecule has 1 unspecified atom stereocenters. The number of alkyl halides is 3. The summed E-state index contributed by atoms with van der Waals surface area (Å²) in [4.78, 5) is 12.6. The first-order chi connectivity index (χ1) is 13.9. The van der Waals surface area contributed by atoms with Crippen molar-refractivity contribution >= 4 is 41.0 Å². The third kappa shape index (κ3) is 6.22. The maximum atomic E-state index is 12.9. The number of imidazole rings is 1. The van der Waals surface area contributed by atoms with Crippen LogP contribution in [0.25, 0.3) is 11.0 Å². The molecule has 0 radical (unpaired) electrons. The number of nitrogens with zero attached hydrogens (tertiary/aromatic N) is 5. The lowest BCUT2D eigenvalue weighted by Crippen LogP contribution is -2.56. The molecule has 0 saturated carbocycles. The molecule has 1 N–H and O–H groups in total. The maximum Gasteiger partial charge on any atom is 0.403 e. The summed E-state index contributed by atoms with van der Waals surface area (Å²) in [5.41, 5.74) is 2.09. The van der Waals surface area contributed by atoms with Crippen molar-refractivity contribution in [1.29, 1.82) is 0 Å². The molecule has 0 aliphatic carbocycles. The second-order valence-electron chi connectivity index (χ2n) is 7.26. The van der Waals surface area contributed by atoms with Gasteiger partial charge in [0.05, 0.1) is 17.4 Å². The van der Waals surface area contributed by atoms with Gasteiger partial charge in [-0.2, -0.15) is 13.2 Å². The lowest BCUT2D eigenvalue weighted by atomic mass is 10.2. The van der Waals surface area contributed by atoms with E-state index in [1.807, 2.05) is 31.5 Å². The molecule has 1 aromatic heterocycles. The van der Waals surface area contributed by atoms with Crippen LogP contribution in [0.4, 0.5) is 13.2 Å². The second-order valence-corrected chi connectivity index (χ2v) is 7.26.